The molecule has 0 amide bonds. The zero-order valence-corrected chi connectivity index (χ0v) is 10.7. The number of nitrogens with zero attached hydrogens (tertiary/aromatic N) is 1. The third-order valence-corrected chi connectivity index (χ3v) is 3.07. The molecular formula is C13H23NO3. The molecule has 98 valence electrons. The van der Waals surface area contributed by atoms with Crippen molar-refractivity contribution in [3.63, 3.8) is 0 Å². The summed E-state index contributed by atoms with van der Waals surface area (Å²) < 4.78 is 4.86. The molecule has 1 rings (SSSR count). The number of likely N-dealkylation sites (tertiary alicyclic amines) is 1. The van der Waals surface area contributed by atoms with Gasteiger partial charge in [-0.1, -0.05) is 6.42 Å². The van der Waals surface area contributed by atoms with Crippen LogP contribution in [0.2, 0.25) is 0 Å². The van der Waals surface area contributed by atoms with Gasteiger partial charge in [-0.25, -0.2) is 0 Å². The molecule has 0 aromatic heterocycles. The average molecular weight is 241 g/mol. The topological polar surface area (TPSA) is 46.6 Å². The van der Waals surface area contributed by atoms with Gasteiger partial charge < -0.3 is 9.64 Å². The Bertz CT molecular complexity index is 243. The number of rotatable bonds is 7. The monoisotopic (exact) mass is 241 g/mol. The van der Waals surface area contributed by atoms with Gasteiger partial charge in [0.2, 0.25) is 0 Å². The van der Waals surface area contributed by atoms with Crippen LogP contribution in [0, 0.1) is 0 Å². The SMILES string of the molecule is CCOC(=O)CCCCCN1CCC(=O)CC1. The smallest absolute Gasteiger partial charge is 0.305 e. The molecule has 0 saturated carbocycles. The predicted molar refractivity (Wildman–Crippen MR) is 65.8 cm³/mol. The quantitative estimate of drug-likeness (QED) is 0.503. The lowest BCUT2D eigenvalue weighted by Crippen LogP contribution is -2.34. The van der Waals surface area contributed by atoms with Gasteiger partial charge in [0, 0.05) is 32.4 Å². The summed E-state index contributed by atoms with van der Waals surface area (Å²) in [5.74, 6) is 0.305. The van der Waals surface area contributed by atoms with Crippen molar-refractivity contribution in [3.05, 3.63) is 0 Å². The zero-order chi connectivity index (χ0) is 12.5. The van der Waals surface area contributed by atoms with E-state index in [0.29, 0.717) is 31.7 Å². The Morgan fingerprint density at radius 2 is 1.94 bits per heavy atom. The number of esters is 1. The Morgan fingerprint density at radius 3 is 2.59 bits per heavy atom. The highest BCUT2D eigenvalue weighted by molar-refractivity contribution is 5.79. The van der Waals surface area contributed by atoms with Gasteiger partial charge in [0.15, 0.2) is 0 Å². The Hall–Kier alpha value is -0.900. The standard InChI is InChI=1S/C13H23NO3/c1-2-17-13(16)6-4-3-5-9-14-10-7-12(15)8-11-14/h2-11H2,1H3. The molecule has 1 heterocycles. The first-order chi connectivity index (χ1) is 8.22. The van der Waals surface area contributed by atoms with Crippen LogP contribution >= 0.6 is 0 Å². The van der Waals surface area contributed by atoms with Gasteiger partial charge in [-0.15, -0.1) is 0 Å². The molecule has 0 N–H and O–H groups in total. The lowest BCUT2D eigenvalue weighted by molar-refractivity contribution is -0.143. The Labute approximate surface area is 103 Å². The normalized spacial score (nSPS) is 17.1. The highest BCUT2D eigenvalue weighted by Crippen LogP contribution is 2.08. The number of ether oxygens (including phenoxy) is 1. The average Bonchev–Trinajstić information content (AvgIpc) is 2.31. The maximum Gasteiger partial charge on any atom is 0.305 e. The van der Waals surface area contributed by atoms with Gasteiger partial charge in [0.05, 0.1) is 6.61 Å². The van der Waals surface area contributed by atoms with Crippen LogP contribution in [0.5, 0.6) is 0 Å². The Kier molecular flexibility index (Phi) is 6.86. The first-order valence-corrected chi connectivity index (χ1v) is 6.62. The van der Waals surface area contributed by atoms with Crippen molar-refractivity contribution in [2.45, 2.75) is 45.4 Å². The molecule has 0 bridgehead atoms. The lowest BCUT2D eigenvalue weighted by Gasteiger charge is -2.25. The molecule has 0 atom stereocenters. The van der Waals surface area contributed by atoms with Gasteiger partial charge in [-0.3, -0.25) is 9.59 Å². The van der Waals surface area contributed by atoms with E-state index in [2.05, 4.69) is 4.90 Å². The number of piperidine rings is 1. The fourth-order valence-corrected chi connectivity index (χ4v) is 2.04. The van der Waals surface area contributed by atoms with Gasteiger partial charge >= 0.3 is 5.97 Å². The Morgan fingerprint density at radius 1 is 1.24 bits per heavy atom. The summed E-state index contributed by atoms with van der Waals surface area (Å²) in [5.41, 5.74) is 0. The summed E-state index contributed by atoms with van der Waals surface area (Å²) in [6, 6.07) is 0. The minimum atomic E-state index is -0.0870. The second kappa shape index (κ2) is 8.23. The molecule has 0 aromatic rings. The van der Waals surface area contributed by atoms with Crippen LogP contribution in [0.1, 0.15) is 45.4 Å². The summed E-state index contributed by atoms with van der Waals surface area (Å²) >= 11 is 0. The van der Waals surface area contributed by atoms with Crippen LogP contribution < -0.4 is 0 Å². The number of carbonyl (C=O) groups excluding carboxylic acids is 2. The summed E-state index contributed by atoms with van der Waals surface area (Å²) in [4.78, 5) is 24.5. The van der Waals surface area contributed by atoms with Crippen LogP contribution in [0.3, 0.4) is 0 Å². The second-order valence-electron chi connectivity index (χ2n) is 4.50. The molecule has 0 aliphatic carbocycles. The van der Waals surface area contributed by atoms with Crippen molar-refractivity contribution in [1.29, 1.82) is 0 Å². The number of Topliss-reactive ketones (excluding diaryl/α,β-unsaturated/α-hetero) is 1. The van der Waals surface area contributed by atoms with E-state index >= 15 is 0 Å². The number of hydrogen-bond donors (Lipinski definition) is 0. The molecule has 0 unspecified atom stereocenters. The van der Waals surface area contributed by atoms with Crippen molar-refractivity contribution >= 4 is 11.8 Å². The molecule has 1 aliphatic heterocycles. The largest absolute Gasteiger partial charge is 0.466 e. The second-order valence-corrected chi connectivity index (χ2v) is 4.50. The van der Waals surface area contributed by atoms with Crippen LogP contribution in [0.15, 0.2) is 0 Å². The van der Waals surface area contributed by atoms with Crippen LogP contribution in [0.25, 0.3) is 0 Å². The van der Waals surface area contributed by atoms with Crippen molar-refractivity contribution in [2.24, 2.45) is 0 Å². The summed E-state index contributed by atoms with van der Waals surface area (Å²) in [6.07, 6.45) is 5.03. The number of unbranched alkanes of at least 4 members (excludes halogenated alkanes) is 2. The molecule has 4 heteroatoms. The maximum atomic E-state index is 11.1. The zero-order valence-electron chi connectivity index (χ0n) is 10.7. The van der Waals surface area contributed by atoms with E-state index in [0.717, 1.165) is 38.9 Å². The fraction of sp³-hybridized carbons (Fsp3) is 0.846. The van der Waals surface area contributed by atoms with E-state index < -0.39 is 0 Å². The molecule has 1 aliphatic rings. The predicted octanol–water partition coefficient (Wildman–Crippen LogP) is 1.77. The summed E-state index contributed by atoms with van der Waals surface area (Å²) in [7, 11) is 0. The molecular weight excluding hydrogens is 218 g/mol. The molecule has 1 saturated heterocycles. The fourth-order valence-electron chi connectivity index (χ4n) is 2.04. The molecule has 4 nitrogen and oxygen atoms in total. The van der Waals surface area contributed by atoms with E-state index in [1.165, 1.54) is 0 Å². The van der Waals surface area contributed by atoms with E-state index in [9.17, 15) is 9.59 Å². The lowest BCUT2D eigenvalue weighted by atomic mass is 10.1. The number of ketones is 1. The maximum absolute atomic E-state index is 11.1. The van der Waals surface area contributed by atoms with E-state index in [1.54, 1.807) is 0 Å². The third kappa shape index (κ3) is 6.41. The summed E-state index contributed by atoms with van der Waals surface area (Å²) in [6.45, 7) is 5.18. The van der Waals surface area contributed by atoms with Crippen LogP contribution in [-0.4, -0.2) is 42.9 Å². The molecule has 1 fully saturated rings. The van der Waals surface area contributed by atoms with Crippen LogP contribution in [-0.2, 0) is 14.3 Å². The van der Waals surface area contributed by atoms with Gasteiger partial charge in [-0.05, 0) is 26.3 Å². The van der Waals surface area contributed by atoms with Crippen molar-refractivity contribution < 1.29 is 14.3 Å². The van der Waals surface area contributed by atoms with Gasteiger partial charge in [0.1, 0.15) is 5.78 Å². The Balaban J connectivity index is 1.94. The third-order valence-electron chi connectivity index (χ3n) is 3.07. The molecule has 0 spiro atoms. The van der Waals surface area contributed by atoms with E-state index in [-0.39, 0.29) is 5.97 Å². The minimum absolute atomic E-state index is 0.0870. The van der Waals surface area contributed by atoms with Gasteiger partial charge in [0.25, 0.3) is 0 Å². The van der Waals surface area contributed by atoms with E-state index in [1.807, 2.05) is 6.92 Å². The first-order valence-electron chi connectivity index (χ1n) is 6.62. The van der Waals surface area contributed by atoms with Crippen LogP contribution in [0.4, 0.5) is 0 Å². The number of hydrogen-bond acceptors (Lipinski definition) is 4. The van der Waals surface area contributed by atoms with Gasteiger partial charge in [-0.2, -0.15) is 0 Å². The highest BCUT2D eigenvalue weighted by Gasteiger charge is 2.15. The highest BCUT2D eigenvalue weighted by atomic mass is 16.5. The van der Waals surface area contributed by atoms with Crippen molar-refractivity contribution in [1.82, 2.24) is 4.90 Å². The first kappa shape index (κ1) is 14.2. The molecule has 0 radical (unpaired) electrons. The minimum Gasteiger partial charge on any atom is -0.466 e. The molecule has 0 aromatic carbocycles. The summed E-state index contributed by atoms with van der Waals surface area (Å²) in [5, 5.41) is 0. The number of carbonyl (C=O) groups is 2. The van der Waals surface area contributed by atoms with Crippen molar-refractivity contribution in [3.8, 4) is 0 Å². The van der Waals surface area contributed by atoms with Crippen molar-refractivity contribution in [2.75, 3.05) is 26.2 Å². The van der Waals surface area contributed by atoms with E-state index in [4.69, 9.17) is 4.74 Å². The molecule has 17 heavy (non-hydrogen) atoms.